The second kappa shape index (κ2) is 4.83. The molecule has 0 radical (unpaired) electrons. The summed E-state index contributed by atoms with van der Waals surface area (Å²) in [6.07, 6.45) is 0. The van der Waals surface area contributed by atoms with Crippen molar-refractivity contribution in [3.63, 3.8) is 0 Å². The highest BCUT2D eigenvalue weighted by Crippen LogP contribution is 2.16. The third-order valence-corrected chi connectivity index (χ3v) is 2.79. The van der Waals surface area contributed by atoms with Gasteiger partial charge in [-0.05, 0) is 27.7 Å². The highest BCUT2D eigenvalue weighted by molar-refractivity contribution is 5.69. The first-order valence-corrected chi connectivity index (χ1v) is 5.53. The third kappa shape index (κ3) is 3.52. The lowest BCUT2D eigenvalue weighted by atomic mass is 10.1. The molecule has 0 bridgehead atoms. The van der Waals surface area contributed by atoms with Crippen LogP contribution in [0.3, 0.4) is 0 Å². The van der Waals surface area contributed by atoms with E-state index >= 15 is 0 Å². The van der Waals surface area contributed by atoms with Gasteiger partial charge in [-0.15, -0.1) is 10.2 Å². The first-order chi connectivity index (χ1) is 7.71. The van der Waals surface area contributed by atoms with Gasteiger partial charge >= 0.3 is 5.97 Å². The molecule has 0 spiro atoms. The number of aromatic nitrogens is 3. The lowest BCUT2D eigenvalue weighted by Crippen LogP contribution is -2.44. The van der Waals surface area contributed by atoms with Gasteiger partial charge in [0.2, 0.25) is 0 Å². The molecule has 6 nitrogen and oxygen atoms in total. The van der Waals surface area contributed by atoms with Crippen molar-refractivity contribution in [2.45, 2.75) is 39.8 Å². The number of hydrogen-bond donors (Lipinski definition) is 1. The van der Waals surface area contributed by atoms with Gasteiger partial charge in [-0.1, -0.05) is 0 Å². The maximum Gasteiger partial charge on any atom is 0.317 e. The van der Waals surface area contributed by atoms with E-state index < -0.39 is 5.97 Å². The van der Waals surface area contributed by atoms with Crippen LogP contribution in [0.1, 0.15) is 32.4 Å². The summed E-state index contributed by atoms with van der Waals surface area (Å²) in [5.41, 5.74) is -0.224. The normalized spacial score (nSPS) is 12.1. The first-order valence-electron chi connectivity index (χ1n) is 5.53. The molecule has 0 unspecified atom stereocenters. The van der Waals surface area contributed by atoms with Crippen LogP contribution in [0.4, 0.5) is 0 Å². The Morgan fingerprint density at radius 1 is 1.41 bits per heavy atom. The number of carboxylic acid groups (broad SMARTS) is 1. The maximum atomic E-state index is 10.9. The molecular weight excluding hydrogens is 220 g/mol. The minimum absolute atomic E-state index is 0.00456. The number of rotatable bonds is 4. The fraction of sp³-hybridized carbons (Fsp3) is 0.727. The van der Waals surface area contributed by atoms with Gasteiger partial charge in [-0.25, -0.2) is 0 Å². The van der Waals surface area contributed by atoms with Gasteiger partial charge in [0.15, 0.2) is 0 Å². The summed E-state index contributed by atoms with van der Waals surface area (Å²) in [6.45, 7) is 8.30. The van der Waals surface area contributed by atoms with Gasteiger partial charge in [0, 0.05) is 12.6 Å². The van der Waals surface area contributed by atoms with Crippen molar-refractivity contribution < 1.29 is 9.90 Å². The van der Waals surface area contributed by atoms with E-state index in [2.05, 4.69) is 10.2 Å². The minimum Gasteiger partial charge on any atom is -0.480 e. The summed E-state index contributed by atoms with van der Waals surface area (Å²) in [4.78, 5) is 12.7. The molecule has 96 valence electrons. The number of hydrogen-bond acceptors (Lipinski definition) is 4. The van der Waals surface area contributed by atoms with Crippen molar-refractivity contribution in [3.8, 4) is 0 Å². The van der Waals surface area contributed by atoms with Crippen molar-refractivity contribution in [1.29, 1.82) is 0 Å². The zero-order valence-electron chi connectivity index (χ0n) is 11.1. The molecule has 1 aromatic rings. The Kier molecular flexibility index (Phi) is 3.87. The SMILES string of the molecule is Cc1nnc(CN(CC(=O)O)C(C)(C)C)n1C. The second-order valence-corrected chi connectivity index (χ2v) is 5.14. The van der Waals surface area contributed by atoms with Crippen molar-refractivity contribution >= 4 is 5.97 Å². The monoisotopic (exact) mass is 240 g/mol. The summed E-state index contributed by atoms with van der Waals surface area (Å²) < 4.78 is 1.88. The lowest BCUT2D eigenvalue weighted by Gasteiger charge is -2.33. The van der Waals surface area contributed by atoms with Gasteiger partial charge in [0.25, 0.3) is 0 Å². The van der Waals surface area contributed by atoms with Crippen LogP contribution >= 0.6 is 0 Å². The average molecular weight is 240 g/mol. The van der Waals surface area contributed by atoms with Crippen LogP contribution in [0.2, 0.25) is 0 Å². The van der Waals surface area contributed by atoms with Crippen LogP contribution in [0.25, 0.3) is 0 Å². The van der Waals surface area contributed by atoms with E-state index in [9.17, 15) is 4.79 Å². The molecular formula is C11H20N4O2. The van der Waals surface area contributed by atoms with E-state index in [0.717, 1.165) is 11.6 Å². The Balaban J connectivity index is 2.87. The van der Waals surface area contributed by atoms with Gasteiger partial charge in [0.05, 0.1) is 13.1 Å². The summed E-state index contributed by atoms with van der Waals surface area (Å²) >= 11 is 0. The topological polar surface area (TPSA) is 71.2 Å². The summed E-state index contributed by atoms with van der Waals surface area (Å²) in [5, 5.41) is 16.9. The quantitative estimate of drug-likeness (QED) is 0.843. The molecule has 17 heavy (non-hydrogen) atoms. The fourth-order valence-electron chi connectivity index (χ4n) is 1.45. The van der Waals surface area contributed by atoms with E-state index in [1.54, 1.807) is 0 Å². The zero-order chi connectivity index (χ0) is 13.2. The van der Waals surface area contributed by atoms with Crippen LogP contribution in [0.15, 0.2) is 0 Å². The third-order valence-electron chi connectivity index (χ3n) is 2.79. The van der Waals surface area contributed by atoms with E-state index in [1.165, 1.54) is 0 Å². The van der Waals surface area contributed by atoms with Crippen molar-refractivity contribution in [3.05, 3.63) is 11.6 Å². The molecule has 6 heteroatoms. The molecule has 1 aromatic heterocycles. The largest absolute Gasteiger partial charge is 0.480 e. The van der Waals surface area contributed by atoms with Crippen LogP contribution in [-0.2, 0) is 18.4 Å². The van der Waals surface area contributed by atoms with E-state index in [1.807, 2.05) is 44.2 Å². The second-order valence-electron chi connectivity index (χ2n) is 5.14. The Morgan fingerprint density at radius 2 is 2.00 bits per heavy atom. The summed E-state index contributed by atoms with van der Waals surface area (Å²) in [6, 6.07) is 0. The molecule has 0 fully saturated rings. The van der Waals surface area contributed by atoms with Gasteiger partial charge in [-0.3, -0.25) is 9.69 Å². The number of aryl methyl sites for hydroxylation is 1. The highest BCUT2D eigenvalue weighted by Gasteiger charge is 2.25. The predicted octanol–water partition coefficient (Wildman–Crippen LogP) is 0.809. The Morgan fingerprint density at radius 3 is 2.35 bits per heavy atom. The summed E-state index contributed by atoms with van der Waals surface area (Å²) in [7, 11) is 1.88. The molecule has 0 atom stereocenters. The van der Waals surface area contributed by atoms with Gasteiger partial charge in [0.1, 0.15) is 11.6 Å². The Hall–Kier alpha value is -1.43. The lowest BCUT2D eigenvalue weighted by molar-refractivity contribution is -0.140. The van der Waals surface area contributed by atoms with E-state index in [0.29, 0.717) is 6.54 Å². The molecule has 1 rings (SSSR count). The minimum atomic E-state index is -0.834. The molecule has 0 aliphatic carbocycles. The van der Waals surface area contributed by atoms with Crippen LogP contribution in [-0.4, -0.2) is 42.8 Å². The molecule has 1 N–H and O–H groups in total. The zero-order valence-corrected chi connectivity index (χ0v) is 11.1. The van der Waals surface area contributed by atoms with E-state index in [4.69, 9.17) is 5.11 Å². The smallest absolute Gasteiger partial charge is 0.317 e. The van der Waals surface area contributed by atoms with Gasteiger partial charge in [-0.2, -0.15) is 0 Å². The number of carboxylic acids is 1. The Bertz CT molecular complexity index is 406. The van der Waals surface area contributed by atoms with Crippen molar-refractivity contribution in [1.82, 2.24) is 19.7 Å². The first kappa shape index (κ1) is 13.6. The van der Waals surface area contributed by atoms with Gasteiger partial charge < -0.3 is 9.67 Å². The molecule has 1 heterocycles. The molecule has 0 aliphatic heterocycles. The van der Waals surface area contributed by atoms with Crippen LogP contribution < -0.4 is 0 Å². The average Bonchev–Trinajstić information content (AvgIpc) is 2.46. The number of carbonyl (C=O) groups is 1. The van der Waals surface area contributed by atoms with Crippen LogP contribution in [0.5, 0.6) is 0 Å². The molecule has 0 saturated heterocycles. The standard InChI is InChI=1S/C11H20N4O2/c1-8-12-13-9(14(8)5)6-15(7-10(16)17)11(2,3)4/h6-7H2,1-5H3,(H,16,17). The molecule has 0 aromatic carbocycles. The maximum absolute atomic E-state index is 10.9. The van der Waals surface area contributed by atoms with Crippen molar-refractivity contribution in [2.75, 3.05) is 6.54 Å². The van der Waals surface area contributed by atoms with E-state index in [-0.39, 0.29) is 12.1 Å². The van der Waals surface area contributed by atoms with Crippen molar-refractivity contribution in [2.24, 2.45) is 7.05 Å². The molecule has 0 saturated carbocycles. The predicted molar refractivity (Wildman–Crippen MR) is 63.5 cm³/mol. The summed E-state index contributed by atoms with van der Waals surface area (Å²) in [5.74, 6) is 0.765. The molecule has 0 amide bonds. The number of aliphatic carboxylic acids is 1. The number of nitrogens with zero attached hydrogens (tertiary/aromatic N) is 4. The highest BCUT2D eigenvalue weighted by atomic mass is 16.4. The Labute approximate surface area is 101 Å². The fourth-order valence-corrected chi connectivity index (χ4v) is 1.45. The molecule has 0 aliphatic rings. The van der Waals surface area contributed by atoms with Crippen LogP contribution in [0, 0.1) is 6.92 Å².